The Bertz CT molecular complexity index is 798. The van der Waals surface area contributed by atoms with Crippen LogP contribution in [0.1, 0.15) is 16.1 Å². The van der Waals surface area contributed by atoms with Crippen molar-refractivity contribution in [3.05, 3.63) is 47.8 Å². The quantitative estimate of drug-likeness (QED) is 0.726. The molecule has 0 saturated heterocycles. The number of esters is 1. The molecule has 106 valence electrons. The fourth-order valence-electron chi connectivity index (χ4n) is 2.03. The number of benzene rings is 1. The summed E-state index contributed by atoms with van der Waals surface area (Å²) in [6, 6.07) is 9.77. The highest BCUT2D eigenvalue weighted by molar-refractivity contribution is 5.90. The lowest BCUT2D eigenvalue weighted by atomic mass is 10.2. The largest absolute Gasteiger partial charge is 0.464 e. The number of nitrogens with two attached hydrogens (primary N) is 1. The second kappa shape index (κ2) is 5.20. The number of carbonyl (C=O) groups is 1. The molecule has 2 N–H and O–H groups in total. The van der Waals surface area contributed by atoms with Gasteiger partial charge >= 0.3 is 5.97 Å². The predicted molar refractivity (Wildman–Crippen MR) is 76.6 cm³/mol. The van der Waals surface area contributed by atoms with Crippen molar-refractivity contribution in [2.45, 2.75) is 6.54 Å². The lowest BCUT2D eigenvalue weighted by Crippen LogP contribution is -2.08. The first-order valence-electron chi connectivity index (χ1n) is 6.30. The van der Waals surface area contributed by atoms with Crippen LogP contribution < -0.4 is 5.73 Å². The van der Waals surface area contributed by atoms with E-state index in [1.807, 2.05) is 30.3 Å². The number of hydrogen-bond acceptors (Lipinski definition) is 6. The van der Waals surface area contributed by atoms with Crippen LogP contribution in [0.5, 0.6) is 0 Å². The number of methoxy groups -OCH3 is 1. The van der Waals surface area contributed by atoms with Crippen molar-refractivity contribution in [3.63, 3.8) is 0 Å². The molecule has 0 atom stereocenters. The summed E-state index contributed by atoms with van der Waals surface area (Å²) in [6.07, 6.45) is 1.33. The molecule has 7 heteroatoms. The minimum absolute atomic E-state index is 0.124. The number of rotatable bonds is 3. The predicted octanol–water partition coefficient (Wildman–Crippen LogP) is 1.24. The maximum absolute atomic E-state index is 11.5. The van der Waals surface area contributed by atoms with E-state index in [-0.39, 0.29) is 11.5 Å². The first kappa shape index (κ1) is 13.0. The molecule has 7 nitrogen and oxygen atoms in total. The molecule has 2 aromatic heterocycles. The Labute approximate surface area is 120 Å². The molecule has 1 aromatic carbocycles. The molecule has 0 bridgehead atoms. The fraction of sp³-hybridized carbons (Fsp3) is 0.143. The molecule has 0 spiro atoms. The smallest absolute Gasteiger partial charge is 0.358 e. The van der Waals surface area contributed by atoms with Crippen LogP contribution in [0.15, 0.2) is 36.5 Å². The molecule has 0 aliphatic heterocycles. The first-order valence-corrected chi connectivity index (χ1v) is 6.30. The van der Waals surface area contributed by atoms with E-state index in [1.54, 1.807) is 4.68 Å². The average molecular weight is 283 g/mol. The van der Waals surface area contributed by atoms with Gasteiger partial charge in [0, 0.05) is 0 Å². The van der Waals surface area contributed by atoms with E-state index in [1.165, 1.54) is 13.3 Å². The normalized spacial score (nSPS) is 10.7. The zero-order valence-corrected chi connectivity index (χ0v) is 11.4. The molecule has 0 aliphatic carbocycles. The number of nitrogen functional groups attached to an aromatic ring is 1. The fourth-order valence-corrected chi connectivity index (χ4v) is 2.03. The summed E-state index contributed by atoms with van der Waals surface area (Å²) in [5, 5.41) is 4.23. The summed E-state index contributed by atoms with van der Waals surface area (Å²) in [4.78, 5) is 19.9. The van der Waals surface area contributed by atoms with Gasteiger partial charge in [-0.1, -0.05) is 30.3 Å². The summed E-state index contributed by atoms with van der Waals surface area (Å²) >= 11 is 0. The third-order valence-corrected chi connectivity index (χ3v) is 3.04. The van der Waals surface area contributed by atoms with Gasteiger partial charge in [-0.05, 0) is 5.56 Å². The van der Waals surface area contributed by atoms with Crippen molar-refractivity contribution in [1.29, 1.82) is 0 Å². The highest BCUT2D eigenvalue weighted by atomic mass is 16.5. The van der Waals surface area contributed by atoms with E-state index in [4.69, 9.17) is 5.73 Å². The van der Waals surface area contributed by atoms with Crippen molar-refractivity contribution in [2.24, 2.45) is 0 Å². The zero-order chi connectivity index (χ0) is 14.8. The number of anilines is 1. The lowest BCUT2D eigenvalue weighted by Gasteiger charge is -2.03. The topological polar surface area (TPSA) is 95.9 Å². The van der Waals surface area contributed by atoms with Crippen LogP contribution in [0.3, 0.4) is 0 Å². The molecule has 0 radical (unpaired) electrons. The highest BCUT2D eigenvalue weighted by Gasteiger charge is 2.15. The van der Waals surface area contributed by atoms with Gasteiger partial charge in [-0.2, -0.15) is 5.10 Å². The average Bonchev–Trinajstić information content (AvgIpc) is 2.83. The van der Waals surface area contributed by atoms with Gasteiger partial charge in [0.25, 0.3) is 0 Å². The van der Waals surface area contributed by atoms with E-state index in [2.05, 4.69) is 19.8 Å². The van der Waals surface area contributed by atoms with Crippen LogP contribution in [-0.4, -0.2) is 32.8 Å². The van der Waals surface area contributed by atoms with Gasteiger partial charge in [-0.25, -0.2) is 19.4 Å². The van der Waals surface area contributed by atoms with Crippen LogP contribution in [-0.2, 0) is 11.3 Å². The number of nitrogens with zero attached hydrogens (tertiary/aromatic N) is 4. The Morgan fingerprint density at radius 2 is 2.10 bits per heavy atom. The number of aromatic nitrogens is 4. The van der Waals surface area contributed by atoms with Gasteiger partial charge in [0.15, 0.2) is 22.7 Å². The number of carbonyl (C=O) groups excluding carboxylic acids is 1. The Kier molecular flexibility index (Phi) is 3.23. The minimum atomic E-state index is -0.546. The van der Waals surface area contributed by atoms with E-state index in [9.17, 15) is 4.79 Å². The van der Waals surface area contributed by atoms with Crippen LogP contribution >= 0.6 is 0 Å². The number of hydrogen-bond donors (Lipinski definition) is 1. The van der Waals surface area contributed by atoms with Crippen molar-refractivity contribution >= 4 is 23.0 Å². The molecular weight excluding hydrogens is 270 g/mol. The maximum atomic E-state index is 11.5. The van der Waals surface area contributed by atoms with Crippen molar-refractivity contribution in [1.82, 2.24) is 19.7 Å². The third kappa shape index (κ3) is 2.40. The van der Waals surface area contributed by atoms with E-state index in [0.717, 1.165) is 5.56 Å². The SMILES string of the molecule is COC(=O)c1cnc2c(N)nn(Cc3ccccc3)c2n1. The van der Waals surface area contributed by atoms with Crippen LogP contribution in [0.4, 0.5) is 5.82 Å². The maximum Gasteiger partial charge on any atom is 0.358 e. The first-order chi connectivity index (χ1) is 10.2. The van der Waals surface area contributed by atoms with Crippen LogP contribution in [0.2, 0.25) is 0 Å². The molecule has 0 amide bonds. The van der Waals surface area contributed by atoms with Crippen LogP contribution in [0.25, 0.3) is 11.2 Å². The summed E-state index contributed by atoms with van der Waals surface area (Å²) in [7, 11) is 1.30. The molecule has 3 rings (SSSR count). The van der Waals surface area contributed by atoms with Gasteiger partial charge in [0.2, 0.25) is 0 Å². The van der Waals surface area contributed by atoms with Crippen molar-refractivity contribution in [3.8, 4) is 0 Å². The Morgan fingerprint density at radius 3 is 2.81 bits per heavy atom. The Hall–Kier alpha value is -2.96. The van der Waals surface area contributed by atoms with Gasteiger partial charge in [-0.15, -0.1) is 0 Å². The molecule has 0 fully saturated rings. The zero-order valence-electron chi connectivity index (χ0n) is 11.4. The standard InChI is InChI=1S/C14H13N5O2/c1-21-14(20)10-7-16-11-12(15)18-19(13(11)17-10)8-9-5-3-2-4-6-9/h2-7H,8H2,1H3,(H2,15,18). The second-order valence-corrected chi connectivity index (χ2v) is 4.45. The number of fused-ring (bicyclic) bond motifs is 1. The van der Waals surface area contributed by atoms with E-state index < -0.39 is 5.97 Å². The van der Waals surface area contributed by atoms with Gasteiger partial charge < -0.3 is 10.5 Å². The molecule has 3 aromatic rings. The van der Waals surface area contributed by atoms with Gasteiger partial charge in [0.1, 0.15) is 0 Å². The van der Waals surface area contributed by atoms with Gasteiger partial charge in [-0.3, -0.25) is 0 Å². The summed E-state index contributed by atoms with van der Waals surface area (Å²) in [6.45, 7) is 0.494. The molecular formula is C14H13N5O2. The van der Waals surface area contributed by atoms with E-state index >= 15 is 0 Å². The lowest BCUT2D eigenvalue weighted by molar-refractivity contribution is 0.0594. The van der Waals surface area contributed by atoms with Crippen molar-refractivity contribution < 1.29 is 9.53 Å². The molecule has 0 aliphatic rings. The van der Waals surface area contributed by atoms with E-state index in [0.29, 0.717) is 17.7 Å². The number of ether oxygens (including phenoxy) is 1. The molecule has 21 heavy (non-hydrogen) atoms. The summed E-state index contributed by atoms with van der Waals surface area (Å²) in [5.74, 6) is -0.264. The molecule has 2 heterocycles. The highest BCUT2D eigenvalue weighted by Crippen LogP contribution is 2.18. The monoisotopic (exact) mass is 283 g/mol. The van der Waals surface area contributed by atoms with Crippen LogP contribution in [0, 0.1) is 0 Å². The van der Waals surface area contributed by atoms with Gasteiger partial charge in [0.05, 0.1) is 19.9 Å². The summed E-state index contributed by atoms with van der Waals surface area (Å²) < 4.78 is 6.27. The third-order valence-electron chi connectivity index (χ3n) is 3.04. The molecule has 0 unspecified atom stereocenters. The summed E-state index contributed by atoms with van der Waals surface area (Å²) in [5.41, 5.74) is 7.94. The Balaban J connectivity index is 2.07. The second-order valence-electron chi connectivity index (χ2n) is 4.45. The Morgan fingerprint density at radius 1 is 1.33 bits per heavy atom. The van der Waals surface area contributed by atoms with Crippen molar-refractivity contribution in [2.75, 3.05) is 12.8 Å². The minimum Gasteiger partial charge on any atom is -0.464 e. The molecule has 0 saturated carbocycles.